The van der Waals surface area contributed by atoms with Crippen LogP contribution in [0.2, 0.25) is 10.0 Å². The molecule has 0 aliphatic heterocycles. The van der Waals surface area contributed by atoms with E-state index >= 15 is 0 Å². The molecule has 1 aromatic carbocycles. The third kappa shape index (κ3) is 3.82. The van der Waals surface area contributed by atoms with Gasteiger partial charge in [-0.15, -0.1) is 0 Å². The van der Waals surface area contributed by atoms with Gasteiger partial charge in [-0.3, -0.25) is 9.78 Å². The number of nitrogens with zero attached hydrogens (tertiary/aromatic N) is 1. The minimum atomic E-state index is -0.575. The van der Waals surface area contributed by atoms with Crippen molar-refractivity contribution in [2.45, 2.75) is 0 Å². The number of anilines is 1. The van der Waals surface area contributed by atoms with Crippen molar-refractivity contribution in [1.82, 2.24) is 4.98 Å². The van der Waals surface area contributed by atoms with Gasteiger partial charge >= 0.3 is 0 Å². The van der Waals surface area contributed by atoms with Gasteiger partial charge in [0, 0.05) is 18.1 Å². The predicted molar refractivity (Wildman–Crippen MR) is 74.8 cm³/mol. The summed E-state index contributed by atoms with van der Waals surface area (Å²) < 4.78 is 18.2. The molecule has 20 heavy (non-hydrogen) atoms. The highest BCUT2D eigenvalue weighted by Crippen LogP contribution is 2.33. The lowest BCUT2D eigenvalue weighted by Gasteiger charge is -2.10. The first-order chi connectivity index (χ1) is 9.56. The second-order valence-corrected chi connectivity index (χ2v) is 4.59. The maximum absolute atomic E-state index is 13.0. The fraction of sp³-hybridized carbons (Fsp3) is 0.0769. The zero-order valence-corrected chi connectivity index (χ0v) is 11.6. The van der Waals surface area contributed by atoms with Crippen LogP contribution in [0, 0.1) is 5.82 Å². The number of pyridine rings is 1. The summed E-state index contributed by atoms with van der Waals surface area (Å²) in [5.41, 5.74) is 0.588. The molecule has 2 aromatic rings. The van der Waals surface area contributed by atoms with Crippen molar-refractivity contribution in [2.75, 3.05) is 11.9 Å². The van der Waals surface area contributed by atoms with Crippen molar-refractivity contribution in [3.63, 3.8) is 0 Å². The molecule has 1 aromatic heterocycles. The Hall–Kier alpha value is -1.85. The summed E-state index contributed by atoms with van der Waals surface area (Å²) in [5.74, 6) is -0.902. The molecule has 0 saturated carbocycles. The Kier molecular flexibility index (Phi) is 4.76. The van der Waals surface area contributed by atoms with Gasteiger partial charge in [-0.1, -0.05) is 23.2 Å². The van der Waals surface area contributed by atoms with Crippen LogP contribution in [0.4, 0.5) is 10.1 Å². The highest BCUT2D eigenvalue weighted by atomic mass is 35.5. The van der Waals surface area contributed by atoms with E-state index in [1.165, 1.54) is 0 Å². The third-order valence-electron chi connectivity index (χ3n) is 2.27. The van der Waals surface area contributed by atoms with Crippen LogP contribution in [0.1, 0.15) is 0 Å². The number of halogens is 3. The molecule has 4 nitrogen and oxygen atoms in total. The molecule has 1 heterocycles. The first-order valence-corrected chi connectivity index (χ1v) is 6.29. The van der Waals surface area contributed by atoms with Gasteiger partial charge in [0.1, 0.15) is 5.82 Å². The van der Waals surface area contributed by atoms with Crippen LogP contribution < -0.4 is 10.1 Å². The lowest BCUT2D eigenvalue weighted by atomic mass is 10.3. The summed E-state index contributed by atoms with van der Waals surface area (Å²) in [6.07, 6.45) is 3.09. The standard InChI is InChI=1S/C13H9Cl2FN2O2/c14-10-5-8(16)6-11(15)13(10)20-7-12(19)18-9-1-3-17-4-2-9/h1-6H,7H2,(H,17,18,19). The van der Waals surface area contributed by atoms with E-state index in [1.807, 2.05) is 0 Å². The van der Waals surface area contributed by atoms with Crippen molar-refractivity contribution in [2.24, 2.45) is 0 Å². The monoisotopic (exact) mass is 314 g/mol. The Morgan fingerprint density at radius 1 is 1.25 bits per heavy atom. The lowest BCUT2D eigenvalue weighted by molar-refractivity contribution is -0.118. The molecule has 1 N–H and O–H groups in total. The smallest absolute Gasteiger partial charge is 0.262 e. The molecule has 7 heteroatoms. The van der Waals surface area contributed by atoms with E-state index in [-0.39, 0.29) is 22.4 Å². The van der Waals surface area contributed by atoms with Crippen molar-refractivity contribution < 1.29 is 13.9 Å². The molecular formula is C13H9Cl2FN2O2. The minimum absolute atomic E-state index is 0.00621. The molecule has 0 atom stereocenters. The van der Waals surface area contributed by atoms with Gasteiger partial charge < -0.3 is 10.1 Å². The molecule has 0 aliphatic carbocycles. The van der Waals surface area contributed by atoms with Crippen LogP contribution in [0.5, 0.6) is 5.75 Å². The zero-order chi connectivity index (χ0) is 14.5. The van der Waals surface area contributed by atoms with Gasteiger partial charge in [0.25, 0.3) is 5.91 Å². The number of hydrogen-bond donors (Lipinski definition) is 1. The fourth-order valence-electron chi connectivity index (χ4n) is 1.44. The Morgan fingerprint density at radius 3 is 2.45 bits per heavy atom. The molecule has 0 spiro atoms. The Morgan fingerprint density at radius 2 is 1.85 bits per heavy atom. The average Bonchev–Trinajstić information content (AvgIpc) is 2.38. The second kappa shape index (κ2) is 6.54. The topological polar surface area (TPSA) is 51.2 Å². The molecular weight excluding hydrogens is 306 g/mol. The SMILES string of the molecule is O=C(COc1c(Cl)cc(F)cc1Cl)Nc1ccncc1. The van der Waals surface area contributed by atoms with E-state index in [1.54, 1.807) is 24.5 Å². The number of benzene rings is 1. The number of carbonyl (C=O) groups is 1. The molecule has 0 bridgehead atoms. The molecule has 0 radical (unpaired) electrons. The maximum atomic E-state index is 13.0. The molecule has 2 rings (SSSR count). The largest absolute Gasteiger partial charge is 0.481 e. The summed E-state index contributed by atoms with van der Waals surface area (Å²) >= 11 is 11.6. The zero-order valence-electron chi connectivity index (χ0n) is 10.1. The van der Waals surface area contributed by atoms with E-state index in [2.05, 4.69) is 10.3 Å². The van der Waals surface area contributed by atoms with E-state index in [4.69, 9.17) is 27.9 Å². The van der Waals surface area contributed by atoms with Crippen LogP contribution in [-0.2, 0) is 4.79 Å². The summed E-state index contributed by atoms with van der Waals surface area (Å²) in [6, 6.07) is 5.39. The van der Waals surface area contributed by atoms with E-state index in [9.17, 15) is 9.18 Å². The van der Waals surface area contributed by atoms with Gasteiger partial charge in [0.05, 0.1) is 10.0 Å². The number of ether oxygens (including phenoxy) is 1. The maximum Gasteiger partial charge on any atom is 0.262 e. The molecule has 0 fully saturated rings. The number of rotatable bonds is 4. The third-order valence-corrected chi connectivity index (χ3v) is 2.84. The highest BCUT2D eigenvalue weighted by Gasteiger charge is 2.12. The molecule has 0 aliphatic rings. The Balaban J connectivity index is 1.97. The summed E-state index contributed by atoms with van der Waals surface area (Å²) in [6.45, 7) is -0.298. The van der Waals surface area contributed by atoms with E-state index in [0.29, 0.717) is 5.69 Å². The average molecular weight is 315 g/mol. The van der Waals surface area contributed by atoms with Crippen molar-refractivity contribution in [3.05, 3.63) is 52.5 Å². The molecule has 104 valence electrons. The molecule has 0 unspecified atom stereocenters. The van der Waals surface area contributed by atoms with E-state index in [0.717, 1.165) is 12.1 Å². The summed E-state index contributed by atoms with van der Waals surface area (Å²) in [5, 5.41) is 2.61. The van der Waals surface area contributed by atoms with Crippen molar-refractivity contribution in [3.8, 4) is 5.75 Å². The van der Waals surface area contributed by atoms with Gasteiger partial charge in [0.2, 0.25) is 0 Å². The van der Waals surface area contributed by atoms with E-state index < -0.39 is 11.7 Å². The Labute approximate surface area is 124 Å². The van der Waals surface area contributed by atoms with Crippen molar-refractivity contribution >= 4 is 34.8 Å². The normalized spacial score (nSPS) is 10.2. The quantitative estimate of drug-likeness (QED) is 0.939. The molecule has 0 saturated heterocycles. The number of carbonyl (C=O) groups excluding carboxylic acids is 1. The van der Waals surface area contributed by atoms with Crippen LogP contribution in [-0.4, -0.2) is 17.5 Å². The highest BCUT2D eigenvalue weighted by molar-refractivity contribution is 6.37. The van der Waals surface area contributed by atoms with Gasteiger partial charge in [-0.25, -0.2) is 4.39 Å². The lowest BCUT2D eigenvalue weighted by Crippen LogP contribution is -2.20. The van der Waals surface area contributed by atoms with Gasteiger partial charge in [0.15, 0.2) is 12.4 Å². The van der Waals surface area contributed by atoms with Gasteiger partial charge in [-0.05, 0) is 24.3 Å². The minimum Gasteiger partial charge on any atom is -0.481 e. The second-order valence-electron chi connectivity index (χ2n) is 3.77. The molecule has 1 amide bonds. The number of aromatic nitrogens is 1. The summed E-state index contributed by atoms with van der Waals surface area (Å²) in [7, 11) is 0. The predicted octanol–water partition coefficient (Wildman–Crippen LogP) is 3.55. The number of hydrogen-bond acceptors (Lipinski definition) is 3. The first-order valence-electron chi connectivity index (χ1n) is 5.53. The van der Waals surface area contributed by atoms with Crippen LogP contribution in [0.15, 0.2) is 36.7 Å². The fourth-order valence-corrected chi connectivity index (χ4v) is 2.01. The van der Waals surface area contributed by atoms with Crippen LogP contribution in [0.3, 0.4) is 0 Å². The number of amides is 1. The summed E-state index contributed by atoms with van der Waals surface area (Å²) in [4.78, 5) is 15.5. The number of nitrogens with one attached hydrogen (secondary N) is 1. The van der Waals surface area contributed by atoms with Crippen LogP contribution >= 0.6 is 23.2 Å². The van der Waals surface area contributed by atoms with Crippen molar-refractivity contribution in [1.29, 1.82) is 0 Å². The van der Waals surface area contributed by atoms with Gasteiger partial charge in [-0.2, -0.15) is 0 Å². The first kappa shape index (κ1) is 14.6. The Bertz CT molecular complexity index is 600. The van der Waals surface area contributed by atoms with Crippen LogP contribution in [0.25, 0.3) is 0 Å².